The van der Waals surface area contributed by atoms with Crippen molar-refractivity contribution in [1.82, 2.24) is 5.32 Å². The minimum atomic E-state index is 0.524. The lowest BCUT2D eigenvalue weighted by molar-refractivity contribution is -0.106. The molecule has 0 heterocycles. The number of hydrogen-bond donors (Lipinski definition) is 1. The van der Waals surface area contributed by atoms with E-state index in [0.717, 1.165) is 22.1 Å². The first-order valence-corrected chi connectivity index (χ1v) is 9.25. The maximum absolute atomic E-state index is 12.0. The molecule has 130 valence electrons. The molecule has 1 aliphatic rings. The number of para-hydroxylation sites is 1. The largest absolute Gasteiger partial charge is 0.373 e. The molecule has 1 saturated carbocycles. The molecular formula is C19H19BrClN3O. The zero-order valence-electron chi connectivity index (χ0n) is 14.1. The molecule has 0 atom stereocenters. The third-order valence-electron chi connectivity index (χ3n) is 4.32. The number of nitrogens with one attached hydrogen (secondary N) is 1. The summed E-state index contributed by atoms with van der Waals surface area (Å²) in [7, 11) is 3.54. The van der Waals surface area contributed by atoms with Gasteiger partial charge in [-0.15, -0.1) is 0 Å². The van der Waals surface area contributed by atoms with Crippen LogP contribution in [0.2, 0.25) is 5.02 Å². The van der Waals surface area contributed by atoms with E-state index < -0.39 is 0 Å². The number of amides is 1. The number of aliphatic imine (C=N–C) groups is 1. The van der Waals surface area contributed by atoms with Crippen LogP contribution in [0.4, 0.5) is 11.4 Å². The van der Waals surface area contributed by atoms with Crippen LogP contribution in [0.1, 0.15) is 29.9 Å². The lowest BCUT2D eigenvalue weighted by atomic mass is 10.0. The van der Waals surface area contributed by atoms with Crippen LogP contribution in [-0.2, 0) is 4.79 Å². The van der Waals surface area contributed by atoms with Crippen molar-refractivity contribution in [1.29, 1.82) is 0 Å². The van der Waals surface area contributed by atoms with Gasteiger partial charge in [-0.25, -0.2) is 0 Å². The van der Waals surface area contributed by atoms with Crippen molar-refractivity contribution in [3.63, 3.8) is 0 Å². The lowest BCUT2D eigenvalue weighted by Gasteiger charge is -2.24. The zero-order valence-corrected chi connectivity index (χ0v) is 16.4. The van der Waals surface area contributed by atoms with Gasteiger partial charge in [0.1, 0.15) is 5.84 Å². The molecule has 25 heavy (non-hydrogen) atoms. The number of anilines is 2. The van der Waals surface area contributed by atoms with Crippen LogP contribution in [0.3, 0.4) is 0 Å². The zero-order chi connectivity index (χ0) is 18.0. The van der Waals surface area contributed by atoms with Crippen molar-refractivity contribution in [2.75, 3.05) is 19.0 Å². The highest BCUT2D eigenvalue weighted by Gasteiger charge is 2.28. The van der Waals surface area contributed by atoms with E-state index in [1.807, 2.05) is 31.3 Å². The van der Waals surface area contributed by atoms with Gasteiger partial charge in [0, 0.05) is 24.1 Å². The minimum absolute atomic E-state index is 0.524. The molecule has 3 rings (SSSR count). The van der Waals surface area contributed by atoms with Gasteiger partial charge in [-0.1, -0.05) is 39.7 Å². The fourth-order valence-corrected chi connectivity index (χ4v) is 3.83. The molecular weight excluding hydrogens is 402 g/mol. The van der Waals surface area contributed by atoms with Gasteiger partial charge in [0.15, 0.2) is 0 Å². The Morgan fingerprint density at radius 1 is 1.32 bits per heavy atom. The Hall–Kier alpha value is -1.85. The first kappa shape index (κ1) is 18.0. The Bertz CT molecular complexity index is 833. The number of amidine groups is 1. The monoisotopic (exact) mass is 419 g/mol. The Morgan fingerprint density at radius 3 is 2.60 bits per heavy atom. The van der Waals surface area contributed by atoms with E-state index >= 15 is 0 Å². The summed E-state index contributed by atoms with van der Waals surface area (Å²) < 4.78 is 1.04. The molecule has 4 nitrogen and oxygen atoms in total. The molecule has 0 spiro atoms. The summed E-state index contributed by atoms with van der Waals surface area (Å²) >= 11 is 10.0. The number of carbonyl (C=O) groups excluding carboxylic acids is 1. The molecule has 2 aromatic rings. The summed E-state index contributed by atoms with van der Waals surface area (Å²) in [5.74, 6) is 1.25. The quantitative estimate of drug-likeness (QED) is 0.426. The highest BCUT2D eigenvalue weighted by atomic mass is 79.9. The maximum atomic E-state index is 12.0. The molecule has 0 unspecified atom stereocenters. The summed E-state index contributed by atoms with van der Waals surface area (Å²) in [6.45, 7) is 0. The Morgan fingerprint density at radius 2 is 2.04 bits per heavy atom. The van der Waals surface area contributed by atoms with Gasteiger partial charge in [0.05, 0.1) is 16.4 Å². The smallest absolute Gasteiger partial charge is 0.218 e. The van der Waals surface area contributed by atoms with Crippen LogP contribution in [0, 0.1) is 0 Å². The first-order valence-electron chi connectivity index (χ1n) is 8.08. The molecule has 0 radical (unpaired) electrons. The number of halogens is 2. The molecule has 1 N–H and O–H groups in total. The van der Waals surface area contributed by atoms with Crippen LogP contribution in [0.5, 0.6) is 0 Å². The van der Waals surface area contributed by atoms with E-state index in [9.17, 15) is 4.79 Å². The number of nitrogens with zero attached hydrogens (tertiary/aromatic N) is 2. The molecule has 2 aromatic carbocycles. The van der Waals surface area contributed by atoms with Gasteiger partial charge in [-0.2, -0.15) is 0 Å². The highest BCUT2D eigenvalue weighted by molar-refractivity contribution is 9.10. The number of benzene rings is 2. The van der Waals surface area contributed by atoms with Gasteiger partial charge in [0.25, 0.3) is 0 Å². The van der Waals surface area contributed by atoms with Crippen LogP contribution < -0.4 is 10.2 Å². The van der Waals surface area contributed by atoms with E-state index in [0.29, 0.717) is 22.5 Å². The molecule has 1 amide bonds. The average molecular weight is 421 g/mol. The third kappa shape index (κ3) is 3.58. The normalized spacial score (nSPS) is 14.3. The van der Waals surface area contributed by atoms with E-state index in [1.54, 1.807) is 18.0 Å². The molecule has 6 heteroatoms. The molecule has 1 aliphatic carbocycles. The molecule has 0 bridgehead atoms. The predicted molar refractivity (Wildman–Crippen MR) is 107 cm³/mol. The van der Waals surface area contributed by atoms with Crippen LogP contribution in [0.25, 0.3) is 0 Å². The van der Waals surface area contributed by atoms with Gasteiger partial charge in [-0.05, 0) is 48.6 Å². The SMILES string of the molecule is CN=C(NC)c1cc(Br)c(C2CC2)cc1N(C=O)c1ccccc1Cl. The van der Waals surface area contributed by atoms with Gasteiger partial charge >= 0.3 is 0 Å². The van der Waals surface area contributed by atoms with Crippen molar-refractivity contribution in [3.8, 4) is 0 Å². The molecule has 0 aliphatic heterocycles. The summed E-state index contributed by atoms with van der Waals surface area (Å²) in [6.07, 6.45) is 3.14. The van der Waals surface area contributed by atoms with Crippen LogP contribution in [0.15, 0.2) is 45.9 Å². The van der Waals surface area contributed by atoms with E-state index in [2.05, 4.69) is 32.3 Å². The topological polar surface area (TPSA) is 44.7 Å². The van der Waals surface area contributed by atoms with E-state index in [4.69, 9.17) is 11.6 Å². The van der Waals surface area contributed by atoms with Crippen LogP contribution in [-0.4, -0.2) is 26.3 Å². The maximum Gasteiger partial charge on any atom is 0.218 e. The van der Waals surface area contributed by atoms with Gasteiger partial charge in [0.2, 0.25) is 6.41 Å². The van der Waals surface area contributed by atoms with Crippen molar-refractivity contribution in [2.24, 2.45) is 4.99 Å². The fourth-order valence-electron chi connectivity index (χ4n) is 2.93. The van der Waals surface area contributed by atoms with Crippen molar-refractivity contribution in [3.05, 3.63) is 57.0 Å². The van der Waals surface area contributed by atoms with E-state index in [-0.39, 0.29) is 0 Å². The number of hydrogen-bond acceptors (Lipinski definition) is 2. The second-order valence-electron chi connectivity index (χ2n) is 5.91. The van der Waals surface area contributed by atoms with Crippen molar-refractivity contribution < 1.29 is 4.79 Å². The van der Waals surface area contributed by atoms with Gasteiger partial charge < -0.3 is 5.32 Å². The fraction of sp³-hybridized carbons (Fsp3) is 0.263. The highest BCUT2D eigenvalue weighted by Crippen LogP contribution is 2.46. The molecule has 0 aromatic heterocycles. The average Bonchev–Trinajstić information content (AvgIpc) is 3.44. The number of carbonyl (C=O) groups is 1. The number of rotatable bonds is 5. The van der Waals surface area contributed by atoms with E-state index in [1.165, 1.54) is 18.4 Å². The third-order valence-corrected chi connectivity index (χ3v) is 5.33. The Labute approximate surface area is 161 Å². The molecule has 1 fully saturated rings. The lowest BCUT2D eigenvalue weighted by Crippen LogP contribution is -2.24. The van der Waals surface area contributed by atoms with Gasteiger partial charge in [-0.3, -0.25) is 14.7 Å². The second kappa shape index (κ2) is 7.58. The summed E-state index contributed by atoms with van der Waals surface area (Å²) in [5, 5.41) is 3.62. The summed E-state index contributed by atoms with van der Waals surface area (Å²) in [4.78, 5) is 17.9. The Kier molecular flexibility index (Phi) is 5.45. The second-order valence-corrected chi connectivity index (χ2v) is 7.18. The molecule has 0 saturated heterocycles. The standard InChI is InChI=1S/C19H19BrClN3O/c1-22-19(23-2)14-9-15(20)13(12-7-8-12)10-18(14)24(11-25)17-6-4-3-5-16(17)21/h3-6,9-12H,7-8H2,1-2H3,(H,22,23). The summed E-state index contributed by atoms with van der Waals surface area (Å²) in [5.41, 5.74) is 3.47. The van der Waals surface area contributed by atoms with Crippen molar-refractivity contribution in [2.45, 2.75) is 18.8 Å². The van der Waals surface area contributed by atoms with Crippen molar-refractivity contribution >= 4 is 51.2 Å². The van der Waals surface area contributed by atoms with Crippen LogP contribution >= 0.6 is 27.5 Å². The first-order chi connectivity index (χ1) is 12.1. The minimum Gasteiger partial charge on any atom is -0.373 e. The predicted octanol–water partition coefficient (Wildman–Crippen LogP) is 4.87. The summed E-state index contributed by atoms with van der Waals surface area (Å²) in [6, 6.07) is 11.4. The Balaban J connectivity index is 2.22.